The van der Waals surface area contributed by atoms with E-state index >= 15 is 0 Å². The van der Waals surface area contributed by atoms with Gasteiger partial charge in [0.25, 0.3) is 5.56 Å². The maximum atomic E-state index is 14.6. The van der Waals surface area contributed by atoms with Gasteiger partial charge in [-0.05, 0) is 66.2 Å². The Hall–Kier alpha value is -4.00. The molecule has 2 N–H and O–H groups in total. The summed E-state index contributed by atoms with van der Waals surface area (Å²) in [5.74, 6) is -2.37. The second-order valence-corrected chi connectivity index (χ2v) is 11.4. The van der Waals surface area contributed by atoms with Gasteiger partial charge in [-0.3, -0.25) is 9.36 Å². The highest BCUT2D eigenvalue weighted by Gasteiger charge is 2.36. The minimum absolute atomic E-state index is 0.0629. The van der Waals surface area contributed by atoms with Crippen LogP contribution in [0.5, 0.6) is 0 Å². The van der Waals surface area contributed by atoms with E-state index in [1.807, 2.05) is 0 Å². The fraction of sp³-hybridized carbons (Fsp3) is 0.400. The first-order valence-electron chi connectivity index (χ1n) is 11.5. The molecule has 1 aromatic carbocycles. The topological polar surface area (TPSA) is 140 Å². The molecule has 0 saturated carbocycles. The van der Waals surface area contributed by atoms with Gasteiger partial charge in [0.2, 0.25) is 5.13 Å². The van der Waals surface area contributed by atoms with Crippen molar-refractivity contribution in [2.24, 2.45) is 7.05 Å². The SMILES string of the molecule is Cc1ccc(Nc2c(C(=O)O)c3nc(N(C(=O)OC(C)(C)C)C(=O)OC(C)(C)C)sc3c(=O)n2C)c(F)c1. The number of carbonyl (C=O) groups is 3. The Morgan fingerprint density at radius 2 is 1.63 bits per heavy atom. The van der Waals surface area contributed by atoms with E-state index in [-0.39, 0.29) is 26.9 Å². The molecule has 2 heterocycles. The standard InChI is InChI=1S/C25H29FN4O7S/c1-12-9-10-14(13(26)11-12)27-18-15(20(32)33)16-17(19(31)29(18)8)38-21(28-16)30(22(34)36-24(2,3)4)23(35)37-25(5,6)7/h9-11,27H,1-8H3,(H,32,33). The number of nitrogens with zero attached hydrogens (tertiary/aromatic N) is 3. The van der Waals surface area contributed by atoms with Crippen LogP contribution in [-0.2, 0) is 16.5 Å². The van der Waals surface area contributed by atoms with Crippen LogP contribution < -0.4 is 15.8 Å². The van der Waals surface area contributed by atoms with Gasteiger partial charge in [-0.25, -0.2) is 23.8 Å². The van der Waals surface area contributed by atoms with E-state index in [0.717, 1.165) is 4.57 Å². The summed E-state index contributed by atoms with van der Waals surface area (Å²) < 4.78 is 26.1. The van der Waals surface area contributed by atoms with E-state index in [4.69, 9.17) is 9.47 Å². The quantitative estimate of drug-likeness (QED) is 0.429. The molecule has 11 nitrogen and oxygen atoms in total. The normalized spacial score (nSPS) is 11.8. The molecule has 2 aromatic heterocycles. The molecular weight excluding hydrogens is 519 g/mol. The zero-order valence-electron chi connectivity index (χ0n) is 22.3. The fourth-order valence-electron chi connectivity index (χ4n) is 3.30. The number of pyridine rings is 1. The number of carboxylic acids is 1. The van der Waals surface area contributed by atoms with Crippen LogP contribution in [0.3, 0.4) is 0 Å². The molecule has 13 heteroatoms. The first kappa shape index (κ1) is 28.6. The lowest BCUT2D eigenvalue weighted by molar-refractivity contribution is 0.0430. The molecule has 0 spiro atoms. The van der Waals surface area contributed by atoms with E-state index in [9.17, 15) is 28.7 Å². The van der Waals surface area contributed by atoms with E-state index in [1.54, 1.807) is 54.5 Å². The van der Waals surface area contributed by atoms with Gasteiger partial charge in [-0.15, -0.1) is 0 Å². The summed E-state index contributed by atoms with van der Waals surface area (Å²) in [6.45, 7) is 11.3. The molecule has 2 amide bonds. The number of aromatic nitrogens is 2. The van der Waals surface area contributed by atoms with Crippen LogP contribution in [0.2, 0.25) is 0 Å². The lowest BCUT2D eigenvalue weighted by Gasteiger charge is -2.27. The zero-order chi connectivity index (χ0) is 28.7. The first-order chi connectivity index (χ1) is 17.4. The number of fused-ring (bicyclic) bond motifs is 1. The Balaban J connectivity index is 2.26. The Labute approximate surface area is 221 Å². The third-order valence-electron chi connectivity index (χ3n) is 4.86. The first-order valence-corrected chi connectivity index (χ1v) is 12.3. The average Bonchev–Trinajstić information content (AvgIpc) is 3.15. The number of anilines is 3. The van der Waals surface area contributed by atoms with Crippen LogP contribution in [-0.4, -0.2) is 44.0 Å². The molecule has 0 aliphatic heterocycles. The molecule has 0 saturated heterocycles. The van der Waals surface area contributed by atoms with E-state index < -0.39 is 46.3 Å². The van der Waals surface area contributed by atoms with Gasteiger partial charge in [0, 0.05) is 7.05 Å². The predicted octanol–water partition coefficient (Wildman–Crippen LogP) is 5.56. The molecule has 0 aliphatic carbocycles. The highest BCUT2D eigenvalue weighted by atomic mass is 32.1. The number of hydrogen-bond acceptors (Lipinski definition) is 9. The van der Waals surface area contributed by atoms with Gasteiger partial charge in [-0.2, -0.15) is 4.90 Å². The number of benzene rings is 1. The molecule has 0 fully saturated rings. The number of carbonyl (C=O) groups excluding carboxylic acids is 2. The van der Waals surface area contributed by atoms with Gasteiger partial charge in [0.1, 0.15) is 38.6 Å². The van der Waals surface area contributed by atoms with Crippen LogP contribution in [0.4, 0.5) is 30.6 Å². The summed E-state index contributed by atoms with van der Waals surface area (Å²) >= 11 is 0.621. The molecule has 0 unspecified atom stereocenters. The van der Waals surface area contributed by atoms with Crippen molar-refractivity contribution in [3.05, 3.63) is 45.5 Å². The summed E-state index contributed by atoms with van der Waals surface area (Å²) in [4.78, 5) is 56.4. The van der Waals surface area contributed by atoms with Crippen LogP contribution in [0.1, 0.15) is 57.5 Å². The Morgan fingerprint density at radius 1 is 1.08 bits per heavy atom. The van der Waals surface area contributed by atoms with Gasteiger partial charge in [-0.1, -0.05) is 17.4 Å². The Kier molecular flexibility index (Phi) is 7.55. The largest absolute Gasteiger partial charge is 0.477 e. The van der Waals surface area contributed by atoms with Crippen molar-refractivity contribution in [1.82, 2.24) is 9.55 Å². The smallest absolute Gasteiger partial charge is 0.426 e. The highest BCUT2D eigenvalue weighted by Crippen LogP contribution is 2.34. The second-order valence-electron chi connectivity index (χ2n) is 10.5. The van der Waals surface area contributed by atoms with Crippen LogP contribution >= 0.6 is 11.3 Å². The number of aryl methyl sites for hydroxylation is 1. The highest BCUT2D eigenvalue weighted by molar-refractivity contribution is 7.22. The average molecular weight is 549 g/mol. The van der Waals surface area contributed by atoms with Crippen molar-refractivity contribution in [1.29, 1.82) is 0 Å². The summed E-state index contributed by atoms with van der Waals surface area (Å²) in [6.07, 6.45) is -2.25. The van der Waals surface area contributed by atoms with Crippen LogP contribution in [0, 0.1) is 12.7 Å². The maximum Gasteiger partial charge on any atom is 0.426 e. The molecule has 0 aliphatic rings. The minimum atomic E-state index is -1.47. The van der Waals surface area contributed by atoms with Gasteiger partial charge in [0.15, 0.2) is 0 Å². The number of carboxylic acid groups (broad SMARTS) is 1. The van der Waals surface area contributed by atoms with E-state index in [1.165, 1.54) is 19.2 Å². The van der Waals surface area contributed by atoms with Gasteiger partial charge >= 0.3 is 18.2 Å². The second kappa shape index (κ2) is 10.0. The number of imide groups is 1. The van der Waals surface area contributed by atoms with E-state index in [0.29, 0.717) is 21.8 Å². The lowest BCUT2D eigenvalue weighted by Crippen LogP contribution is -2.43. The third kappa shape index (κ3) is 6.10. The number of halogens is 1. The molecule has 204 valence electrons. The maximum absolute atomic E-state index is 14.6. The molecule has 0 radical (unpaired) electrons. The zero-order valence-corrected chi connectivity index (χ0v) is 23.1. The number of thiazole rings is 1. The summed E-state index contributed by atoms with van der Waals surface area (Å²) in [7, 11) is 1.31. The molecular formula is C25H29FN4O7S. The number of amides is 2. The van der Waals surface area contributed by atoms with E-state index in [2.05, 4.69) is 10.3 Å². The number of ether oxygens (including phenoxy) is 2. The molecule has 0 atom stereocenters. The van der Waals surface area contributed by atoms with Crippen molar-refractivity contribution in [2.75, 3.05) is 10.2 Å². The summed E-state index contributed by atoms with van der Waals surface area (Å²) in [6, 6.07) is 4.27. The number of hydrogen-bond donors (Lipinski definition) is 2. The Bertz CT molecular complexity index is 1470. The number of nitrogens with one attached hydrogen (secondary N) is 1. The monoisotopic (exact) mass is 548 g/mol. The predicted molar refractivity (Wildman–Crippen MR) is 141 cm³/mol. The molecule has 3 rings (SSSR count). The molecule has 38 heavy (non-hydrogen) atoms. The van der Waals surface area contributed by atoms with Crippen molar-refractivity contribution >= 4 is 56.3 Å². The third-order valence-corrected chi connectivity index (χ3v) is 5.89. The lowest BCUT2D eigenvalue weighted by atomic mass is 10.2. The van der Waals surface area contributed by atoms with Crippen molar-refractivity contribution in [2.45, 2.75) is 59.7 Å². The van der Waals surface area contributed by atoms with Crippen LogP contribution in [0.15, 0.2) is 23.0 Å². The van der Waals surface area contributed by atoms with Crippen molar-refractivity contribution in [3.8, 4) is 0 Å². The van der Waals surface area contributed by atoms with Gasteiger partial charge in [0.05, 0.1) is 5.69 Å². The van der Waals surface area contributed by atoms with Crippen molar-refractivity contribution < 1.29 is 33.4 Å². The Morgan fingerprint density at radius 3 is 2.11 bits per heavy atom. The molecule has 3 aromatic rings. The summed E-state index contributed by atoms with van der Waals surface area (Å²) in [5.41, 5.74) is -2.85. The number of rotatable bonds is 4. The van der Waals surface area contributed by atoms with Crippen molar-refractivity contribution in [3.63, 3.8) is 0 Å². The minimum Gasteiger partial charge on any atom is -0.477 e. The van der Waals surface area contributed by atoms with Crippen LogP contribution in [0.25, 0.3) is 10.2 Å². The summed E-state index contributed by atoms with van der Waals surface area (Å²) in [5, 5.41) is 12.4. The number of aromatic carboxylic acids is 1. The molecule has 0 bridgehead atoms. The van der Waals surface area contributed by atoms with Gasteiger partial charge < -0.3 is 19.9 Å². The fourth-order valence-corrected chi connectivity index (χ4v) is 4.32.